The zero-order valence-electron chi connectivity index (χ0n) is 8.35. The van der Waals surface area contributed by atoms with E-state index in [0.717, 1.165) is 6.54 Å². The largest absolute Gasteiger partial charge is 0.491 e. The van der Waals surface area contributed by atoms with Gasteiger partial charge in [0.05, 0.1) is 0 Å². The summed E-state index contributed by atoms with van der Waals surface area (Å²) in [5.74, 6) is 0. The first-order chi connectivity index (χ1) is 6.59. The Bertz CT molecular complexity index is 320. The monoisotopic (exact) mass is 194 g/mol. The molecule has 5 heteroatoms. The molecule has 76 valence electrons. The van der Waals surface area contributed by atoms with Gasteiger partial charge in [0.25, 0.3) is 0 Å². The first-order valence-corrected chi connectivity index (χ1v) is 4.98. The topological polar surface area (TPSA) is 58.3 Å². The second-order valence-electron chi connectivity index (χ2n) is 4.51. The van der Waals surface area contributed by atoms with Gasteiger partial charge in [-0.3, -0.25) is 4.68 Å². The van der Waals surface area contributed by atoms with Crippen molar-refractivity contribution < 1.29 is 10.0 Å². The van der Waals surface area contributed by atoms with Crippen molar-refractivity contribution >= 4 is 12.6 Å². The van der Waals surface area contributed by atoms with Crippen molar-refractivity contribution in [1.29, 1.82) is 0 Å². The minimum absolute atomic E-state index is 0.365. The summed E-state index contributed by atoms with van der Waals surface area (Å²) in [4.78, 5) is 0. The van der Waals surface area contributed by atoms with Crippen LogP contribution < -0.4 is 5.46 Å². The highest BCUT2D eigenvalue weighted by molar-refractivity contribution is 6.58. The van der Waals surface area contributed by atoms with Crippen LogP contribution in [0.3, 0.4) is 0 Å². The van der Waals surface area contributed by atoms with E-state index in [2.05, 4.69) is 12.0 Å². The molecule has 0 saturated heterocycles. The highest BCUT2D eigenvalue weighted by Gasteiger charge is 2.32. The number of hydrogen-bond donors (Lipinski definition) is 2. The van der Waals surface area contributed by atoms with E-state index in [-0.39, 0.29) is 0 Å². The summed E-state index contributed by atoms with van der Waals surface area (Å²) in [7, 11) is -1.40. The van der Waals surface area contributed by atoms with Crippen LogP contribution in [0.4, 0.5) is 0 Å². The summed E-state index contributed by atoms with van der Waals surface area (Å²) in [6, 6.07) is 0. The number of rotatable bonds is 3. The lowest BCUT2D eigenvalue weighted by Crippen LogP contribution is -2.32. The number of hydrogen-bond acceptors (Lipinski definition) is 3. The van der Waals surface area contributed by atoms with Gasteiger partial charge >= 0.3 is 7.12 Å². The maximum Gasteiger partial charge on any atom is 0.491 e. The van der Waals surface area contributed by atoms with E-state index in [9.17, 15) is 0 Å². The molecule has 1 fully saturated rings. The minimum Gasteiger partial charge on any atom is -0.423 e. The van der Waals surface area contributed by atoms with Gasteiger partial charge in [0.1, 0.15) is 0 Å². The first-order valence-electron chi connectivity index (χ1n) is 4.98. The van der Waals surface area contributed by atoms with Crippen molar-refractivity contribution in [3.8, 4) is 0 Å². The van der Waals surface area contributed by atoms with E-state index in [4.69, 9.17) is 10.0 Å². The molecule has 1 aromatic rings. The van der Waals surface area contributed by atoms with Crippen LogP contribution in [0, 0.1) is 5.41 Å². The molecular weight excluding hydrogens is 179 g/mol. The van der Waals surface area contributed by atoms with E-state index < -0.39 is 7.12 Å². The van der Waals surface area contributed by atoms with Crippen LogP contribution in [-0.4, -0.2) is 26.9 Å². The van der Waals surface area contributed by atoms with Gasteiger partial charge in [0.2, 0.25) is 0 Å². The van der Waals surface area contributed by atoms with E-state index in [1.807, 2.05) is 0 Å². The smallest absolute Gasteiger partial charge is 0.423 e. The van der Waals surface area contributed by atoms with Gasteiger partial charge in [0.15, 0.2) is 0 Å². The fourth-order valence-electron chi connectivity index (χ4n) is 1.93. The SMILES string of the molecule is CC1(Cn2cc(B(O)O)cn2)CCC1. The van der Waals surface area contributed by atoms with Gasteiger partial charge in [-0.2, -0.15) is 5.10 Å². The van der Waals surface area contributed by atoms with Crippen LogP contribution in [0.25, 0.3) is 0 Å². The molecule has 1 aromatic heterocycles. The second kappa shape index (κ2) is 3.40. The third kappa shape index (κ3) is 1.83. The molecule has 1 saturated carbocycles. The molecule has 14 heavy (non-hydrogen) atoms. The third-order valence-corrected chi connectivity index (χ3v) is 3.06. The second-order valence-corrected chi connectivity index (χ2v) is 4.51. The van der Waals surface area contributed by atoms with Gasteiger partial charge in [0, 0.05) is 24.4 Å². The lowest BCUT2D eigenvalue weighted by Gasteiger charge is -2.38. The van der Waals surface area contributed by atoms with Crippen LogP contribution in [-0.2, 0) is 6.54 Å². The van der Waals surface area contributed by atoms with Crippen molar-refractivity contribution in [1.82, 2.24) is 9.78 Å². The average Bonchev–Trinajstić information content (AvgIpc) is 2.50. The predicted octanol–water partition coefficient (Wildman–Crippen LogP) is -0.247. The van der Waals surface area contributed by atoms with Gasteiger partial charge in [-0.1, -0.05) is 13.3 Å². The van der Waals surface area contributed by atoms with Crippen molar-refractivity contribution in [3.63, 3.8) is 0 Å². The molecule has 2 rings (SSSR count). The Morgan fingerprint density at radius 2 is 2.29 bits per heavy atom. The molecule has 0 atom stereocenters. The fraction of sp³-hybridized carbons (Fsp3) is 0.667. The maximum absolute atomic E-state index is 8.91. The van der Waals surface area contributed by atoms with Gasteiger partial charge < -0.3 is 10.0 Å². The summed E-state index contributed by atoms with van der Waals surface area (Å²) in [6.45, 7) is 3.12. The molecule has 4 nitrogen and oxygen atoms in total. The molecule has 2 N–H and O–H groups in total. The molecule has 0 spiro atoms. The Morgan fingerprint density at radius 3 is 2.71 bits per heavy atom. The Hall–Kier alpha value is -0.805. The third-order valence-electron chi connectivity index (χ3n) is 3.06. The quantitative estimate of drug-likeness (QED) is 0.652. The van der Waals surface area contributed by atoms with Crippen LogP contribution in [0.1, 0.15) is 26.2 Å². The zero-order valence-corrected chi connectivity index (χ0v) is 8.35. The first kappa shape index (κ1) is 9.74. The summed E-state index contributed by atoms with van der Waals surface area (Å²) in [5.41, 5.74) is 0.830. The van der Waals surface area contributed by atoms with Crippen LogP contribution in [0.5, 0.6) is 0 Å². The molecule has 0 radical (unpaired) electrons. The van der Waals surface area contributed by atoms with Crippen LogP contribution in [0.2, 0.25) is 0 Å². The Kier molecular flexibility index (Phi) is 2.37. The Morgan fingerprint density at radius 1 is 1.57 bits per heavy atom. The highest BCUT2D eigenvalue weighted by atomic mass is 16.4. The standard InChI is InChI=1S/C9H15BN2O2/c1-9(3-2-4-9)7-12-6-8(5-11-12)10(13)14/h5-6,13-14H,2-4,7H2,1H3. The van der Waals surface area contributed by atoms with Gasteiger partial charge in [-0.25, -0.2) is 0 Å². The molecule has 0 aliphatic heterocycles. The molecule has 0 bridgehead atoms. The van der Waals surface area contributed by atoms with Gasteiger partial charge in [-0.15, -0.1) is 0 Å². The maximum atomic E-state index is 8.91. The van der Waals surface area contributed by atoms with E-state index in [1.165, 1.54) is 25.5 Å². The summed E-state index contributed by atoms with van der Waals surface area (Å²) in [6.07, 6.45) is 6.99. The van der Waals surface area contributed by atoms with Gasteiger partial charge in [-0.05, 0) is 18.3 Å². The molecule has 1 aliphatic rings. The molecule has 0 aromatic carbocycles. The normalized spacial score (nSPS) is 19.1. The molecule has 0 unspecified atom stereocenters. The van der Waals surface area contributed by atoms with E-state index >= 15 is 0 Å². The van der Waals surface area contributed by atoms with Crippen LogP contribution >= 0.6 is 0 Å². The zero-order chi connectivity index (χ0) is 10.2. The number of nitrogens with zero attached hydrogens (tertiary/aromatic N) is 2. The number of aromatic nitrogens is 2. The highest BCUT2D eigenvalue weighted by Crippen LogP contribution is 2.41. The van der Waals surface area contributed by atoms with Crippen molar-refractivity contribution in [3.05, 3.63) is 12.4 Å². The van der Waals surface area contributed by atoms with E-state index in [1.54, 1.807) is 10.9 Å². The molecule has 0 amide bonds. The lowest BCUT2D eigenvalue weighted by atomic mass is 9.70. The predicted molar refractivity (Wildman–Crippen MR) is 54.0 cm³/mol. The lowest BCUT2D eigenvalue weighted by molar-refractivity contribution is 0.126. The summed E-state index contributed by atoms with van der Waals surface area (Å²) < 4.78 is 1.80. The Balaban J connectivity index is 2.02. The fourth-order valence-corrected chi connectivity index (χ4v) is 1.93. The van der Waals surface area contributed by atoms with Crippen molar-refractivity contribution in [2.75, 3.05) is 0 Å². The molecular formula is C9H15BN2O2. The Labute approximate surface area is 83.7 Å². The average molecular weight is 194 g/mol. The van der Waals surface area contributed by atoms with Crippen molar-refractivity contribution in [2.45, 2.75) is 32.7 Å². The summed E-state index contributed by atoms with van der Waals surface area (Å²) in [5, 5.41) is 21.9. The van der Waals surface area contributed by atoms with Crippen molar-refractivity contribution in [2.24, 2.45) is 5.41 Å². The molecule has 1 heterocycles. The van der Waals surface area contributed by atoms with E-state index in [0.29, 0.717) is 10.9 Å². The molecule has 1 aliphatic carbocycles. The summed E-state index contributed by atoms with van der Waals surface area (Å²) >= 11 is 0. The minimum atomic E-state index is -1.40. The van der Waals surface area contributed by atoms with Crippen LogP contribution in [0.15, 0.2) is 12.4 Å².